The molecule has 2 heterocycles. The number of methoxy groups -OCH3 is 1. The number of aliphatic hydroxyl groups is 1. The Bertz CT molecular complexity index is 518. The molecule has 15 heavy (non-hydrogen) atoms. The van der Waals surface area contributed by atoms with Gasteiger partial charge in [-0.2, -0.15) is 5.10 Å². The first kappa shape index (κ1) is 9.81. The van der Waals surface area contributed by atoms with Gasteiger partial charge in [0.05, 0.1) is 19.1 Å². The second-order valence-electron chi connectivity index (χ2n) is 3.01. The van der Waals surface area contributed by atoms with E-state index in [0.29, 0.717) is 5.52 Å². The first-order chi connectivity index (χ1) is 7.22. The van der Waals surface area contributed by atoms with Crippen molar-refractivity contribution in [3.63, 3.8) is 0 Å². The third-order valence-corrected chi connectivity index (χ3v) is 1.95. The van der Waals surface area contributed by atoms with Gasteiger partial charge in [-0.15, -0.1) is 0 Å². The molecule has 80 valence electrons. The Balaban J connectivity index is 2.47. The number of aromatic amines is 1. The van der Waals surface area contributed by atoms with Crippen LogP contribution in [0.3, 0.4) is 0 Å². The molecule has 0 saturated carbocycles. The molecule has 0 bridgehead atoms. The van der Waals surface area contributed by atoms with E-state index in [9.17, 15) is 9.90 Å². The number of rotatable bonds is 3. The first-order valence-corrected chi connectivity index (χ1v) is 4.32. The van der Waals surface area contributed by atoms with Crippen molar-refractivity contribution in [3.8, 4) is 0 Å². The molecule has 0 saturated heterocycles. The Labute approximate surface area is 84.3 Å². The topological polar surface area (TPSA) is 93.0 Å². The molecule has 7 heteroatoms. The van der Waals surface area contributed by atoms with Crippen LogP contribution >= 0.6 is 0 Å². The predicted octanol–water partition coefficient (Wildman–Crippen LogP) is -0.743. The van der Waals surface area contributed by atoms with Gasteiger partial charge in [0.25, 0.3) is 5.56 Å². The van der Waals surface area contributed by atoms with Crippen molar-refractivity contribution in [1.82, 2.24) is 19.7 Å². The van der Waals surface area contributed by atoms with Crippen molar-refractivity contribution in [3.05, 3.63) is 22.9 Å². The van der Waals surface area contributed by atoms with E-state index >= 15 is 0 Å². The summed E-state index contributed by atoms with van der Waals surface area (Å²) in [4.78, 5) is 17.6. The van der Waals surface area contributed by atoms with E-state index in [-0.39, 0.29) is 17.7 Å². The molecule has 0 aliphatic rings. The summed E-state index contributed by atoms with van der Waals surface area (Å²) in [6.45, 7) is 0.103. The number of fused-ring (bicyclic) bond motifs is 1. The zero-order valence-corrected chi connectivity index (χ0v) is 8.04. The van der Waals surface area contributed by atoms with Crippen LogP contribution in [-0.4, -0.2) is 38.6 Å². The quantitative estimate of drug-likeness (QED) is 0.695. The van der Waals surface area contributed by atoms with Crippen molar-refractivity contribution in [1.29, 1.82) is 0 Å². The van der Waals surface area contributed by atoms with Gasteiger partial charge in [-0.3, -0.25) is 4.79 Å². The fraction of sp³-hybridized carbons (Fsp3) is 0.375. The monoisotopic (exact) mass is 210 g/mol. The lowest BCUT2D eigenvalue weighted by Crippen LogP contribution is -2.15. The third-order valence-electron chi connectivity index (χ3n) is 1.95. The number of aliphatic hydroxyl groups excluding tert-OH is 1. The number of hydrogen-bond donors (Lipinski definition) is 2. The fourth-order valence-corrected chi connectivity index (χ4v) is 1.25. The van der Waals surface area contributed by atoms with Gasteiger partial charge in [0, 0.05) is 7.11 Å². The summed E-state index contributed by atoms with van der Waals surface area (Å²) in [5.74, 6) is 0. The van der Waals surface area contributed by atoms with Crippen LogP contribution in [0.4, 0.5) is 0 Å². The number of aromatic nitrogens is 4. The van der Waals surface area contributed by atoms with Gasteiger partial charge in [-0.1, -0.05) is 0 Å². The summed E-state index contributed by atoms with van der Waals surface area (Å²) < 4.78 is 6.01. The molecule has 7 nitrogen and oxygen atoms in total. The van der Waals surface area contributed by atoms with E-state index in [1.165, 1.54) is 24.3 Å². The highest BCUT2D eigenvalue weighted by molar-refractivity contribution is 5.71. The van der Waals surface area contributed by atoms with Crippen LogP contribution < -0.4 is 5.56 Å². The molecule has 0 spiro atoms. The van der Waals surface area contributed by atoms with Crippen LogP contribution in [0.5, 0.6) is 0 Å². The molecule has 0 fully saturated rings. The number of nitrogens with one attached hydrogen (secondary N) is 1. The molecular weight excluding hydrogens is 200 g/mol. The van der Waals surface area contributed by atoms with Gasteiger partial charge in [0.1, 0.15) is 5.52 Å². The summed E-state index contributed by atoms with van der Waals surface area (Å²) in [5, 5.41) is 13.5. The lowest BCUT2D eigenvalue weighted by Gasteiger charge is -2.08. The molecule has 2 rings (SSSR count). The Morgan fingerprint density at radius 3 is 3.20 bits per heavy atom. The maximum absolute atomic E-state index is 11.3. The van der Waals surface area contributed by atoms with Crippen LogP contribution in [0.25, 0.3) is 11.0 Å². The van der Waals surface area contributed by atoms with Crippen LogP contribution in [0.15, 0.2) is 17.3 Å². The summed E-state index contributed by atoms with van der Waals surface area (Å²) in [6.07, 6.45) is 1.87. The van der Waals surface area contributed by atoms with Crippen molar-refractivity contribution in [2.75, 3.05) is 13.7 Å². The SMILES string of the molecule is COCC(O)n1cc2nc[nH]c(=O)c2n1. The van der Waals surface area contributed by atoms with E-state index in [1.807, 2.05) is 0 Å². The molecular formula is C8H10N4O3. The maximum Gasteiger partial charge on any atom is 0.279 e. The second-order valence-corrected chi connectivity index (χ2v) is 3.01. The Hall–Kier alpha value is -1.73. The highest BCUT2D eigenvalue weighted by atomic mass is 16.5. The largest absolute Gasteiger partial charge is 0.380 e. The first-order valence-electron chi connectivity index (χ1n) is 4.32. The van der Waals surface area contributed by atoms with Crippen LogP contribution in [0.2, 0.25) is 0 Å². The fourth-order valence-electron chi connectivity index (χ4n) is 1.25. The minimum atomic E-state index is -0.913. The summed E-state index contributed by atoms with van der Waals surface area (Å²) >= 11 is 0. The Morgan fingerprint density at radius 2 is 2.53 bits per heavy atom. The molecule has 0 aliphatic carbocycles. The molecule has 2 N–H and O–H groups in total. The zero-order valence-electron chi connectivity index (χ0n) is 8.04. The third kappa shape index (κ3) is 1.74. The van der Waals surface area contributed by atoms with Gasteiger partial charge < -0.3 is 14.8 Å². The minimum absolute atomic E-state index is 0.103. The van der Waals surface area contributed by atoms with Gasteiger partial charge in [-0.25, -0.2) is 9.67 Å². The molecule has 1 atom stereocenters. The van der Waals surface area contributed by atoms with Crippen LogP contribution in [-0.2, 0) is 4.74 Å². The molecule has 1 unspecified atom stereocenters. The van der Waals surface area contributed by atoms with Crippen molar-refractivity contribution in [2.24, 2.45) is 0 Å². The summed E-state index contributed by atoms with van der Waals surface area (Å²) in [6, 6.07) is 0. The molecule has 0 amide bonds. The summed E-state index contributed by atoms with van der Waals surface area (Å²) in [7, 11) is 1.47. The molecule has 0 aromatic carbocycles. The lowest BCUT2D eigenvalue weighted by molar-refractivity contribution is 0.00898. The zero-order chi connectivity index (χ0) is 10.8. The minimum Gasteiger partial charge on any atom is -0.380 e. The van der Waals surface area contributed by atoms with Crippen molar-refractivity contribution in [2.45, 2.75) is 6.23 Å². The standard InChI is InChI=1S/C8H10N4O3/c1-15-3-6(13)12-2-5-7(11-12)8(14)10-4-9-5/h2,4,6,13H,3H2,1H3,(H,9,10,14). The normalized spacial score (nSPS) is 13.2. The lowest BCUT2D eigenvalue weighted by atomic mass is 10.5. The van der Waals surface area contributed by atoms with Gasteiger partial charge >= 0.3 is 0 Å². The maximum atomic E-state index is 11.3. The van der Waals surface area contributed by atoms with Gasteiger partial charge in [0.15, 0.2) is 11.7 Å². The number of ether oxygens (including phenoxy) is 1. The average Bonchev–Trinajstić information content (AvgIpc) is 2.63. The predicted molar refractivity (Wildman–Crippen MR) is 51.3 cm³/mol. The molecule has 2 aromatic rings. The van der Waals surface area contributed by atoms with E-state index < -0.39 is 6.23 Å². The van der Waals surface area contributed by atoms with Gasteiger partial charge in [0.2, 0.25) is 0 Å². The Kier molecular flexibility index (Phi) is 2.48. The number of H-pyrrole nitrogens is 1. The summed E-state index contributed by atoms with van der Waals surface area (Å²) in [5.41, 5.74) is 0.310. The molecule has 2 aromatic heterocycles. The number of hydrogen-bond acceptors (Lipinski definition) is 5. The molecule has 0 aliphatic heterocycles. The Morgan fingerprint density at radius 1 is 1.73 bits per heavy atom. The van der Waals surface area contributed by atoms with Gasteiger partial charge in [-0.05, 0) is 0 Å². The molecule has 0 radical (unpaired) electrons. The number of nitrogens with zero attached hydrogens (tertiary/aromatic N) is 3. The smallest absolute Gasteiger partial charge is 0.279 e. The highest BCUT2D eigenvalue weighted by Crippen LogP contribution is 2.07. The second kappa shape index (κ2) is 3.79. The van der Waals surface area contributed by atoms with Crippen molar-refractivity contribution >= 4 is 11.0 Å². The van der Waals surface area contributed by atoms with Crippen molar-refractivity contribution < 1.29 is 9.84 Å². The highest BCUT2D eigenvalue weighted by Gasteiger charge is 2.11. The van der Waals surface area contributed by atoms with E-state index in [1.54, 1.807) is 0 Å². The van der Waals surface area contributed by atoms with E-state index in [4.69, 9.17) is 4.74 Å². The van der Waals surface area contributed by atoms with E-state index in [0.717, 1.165) is 0 Å². The van der Waals surface area contributed by atoms with Crippen LogP contribution in [0.1, 0.15) is 6.23 Å². The van der Waals surface area contributed by atoms with Crippen LogP contribution in [0, 0.1) is 0 Å². The van der Waals surface area contributed by atoms with E-state index in [2.05, 4.69) is 15.1 Å². The average molecular weight is 210 g/mol.